The average Bonchev–Trinajstić information content (AvgIpc) is 3.16. The SMILES string of the molecule is CC1CCN(c2ccc(NC(=O)c3cccnc3Oc3ccccc3)cc2)C1. The normalized spacial score (nSPS) is 16.0. The van der Waals surface area contributed by atoms with Gasteiger partial charge in [0, 0.05) is 30.7 Å². The molecular formula is C23H23N3O2. The van der Waals surface area contributed by atoms with Crippen LogP contribution in [0.1, 0.15) is 23.7 Å². The van der Waals surface area contributed by atoms with E-state index in [1.165, 1.54) is 12.1 Å². The van der Waals surface area contributed by atoms with E-state index in [0.29, 0.717) is 11.3 Å². The van der Waals surface area contributed by atoms with Gasteiger partial charge in [0.1, 0.15) is 11.3 Å². The van der Waals surface area contributed by atoms with Gasteiger partial charge in [-0.2, -0.15) is 0 Å². The summed E-state index contributed by atoms with van der Waals surface area (Å²) < 4.78 is 5.79. The minimum absolute atomic E-state index is 0.249. The molecule has 1 atom stereocenters. The molecule has 2 aromatic carbocycles. The molecule has 5 heteroatoms. The van der Waals surface area contributed by atoms with E-state index in [0.717, 1.165) is 24.7 Å². The summed E-state index contributed by atoms with van der Waals surface area (Å²) in [5.74, 6) is 1.41. The molecule has 1 fully saturated rings. The zero-order chi connectivity index (χ0) is 19.3. The molecule has 0 bridgehead atoms. The van der Waals surface area contributed by atoms with Crippen molar-refractivity contribution in [1.29, 1.82) is 0 Å². The van der Waals surface area contributed by atoms with E-state index in [4.69, 9.17) is 4.74 Å². The highest BCUT2D eigenvalue weighted by Crippen LogP contribution is 2.26. The van der Waals surface area contributed by atoms with Gasteiger partial charge in [-0.05, 0) is 60.9 Å². The van der Waals surface area contributed by atoms with Crippen molar-refractivity contribution in [3.05, 3.63) is 78.5 Å². The molecule has 5 nitrogen and oxygen atoms in total. The van der Waals surface area contributed by atoms with E-state index in [1.807, 2.05) is 42.5 Å². The number of pyridine rings is 1. The average molecular weight is 373 g/mol. The molecule has 1 saturated heterocycles. The number of hydrogen-bond donors (Lipinski definition) is 1. The molecular weight excluding hydrogens is 350 g/mol. The lowest BCUT2D eigenvalue weighted by Crippen LogP contribution is -2.19. The third kappa shape index (κ3) is 4.14. The highest BCUT2D eigenvalue weighted by molar-refractivity contribution is 6.05. The monoisotopic (exact) mass is 373 g/mol. The maximum absolute atomic E-state index is 12.8. The van der Waals surface area contributed by atoms with Crippen LogP contribution in [-0.2, 0) is 0 Å². The lowest BCUT2D eigenvalue weighted by atomic mass is 10.2. The van der Waals surface area contributed by atoms with Crippen LogP contribution in [0.3, 0.4) is 0 Å². The van der Waals surface area contributed by atoms with Crippen LogP contribution in [0.4, 0.5) is 11.4 Å². The fourth-order valence-electron chi connectivity index (χ4n) is 3.37. The highest BCUT2D eigenvalue weighted by Gasteiger charge is 2.19. The molecule has 1 aromatic heterocycles. The van der Waals surface area contributed by atoms with Gasteiger partial charge in [-0.25, -0.2) is 4.98 Å². The number of amides is 1. The van der Waals surface area contributed by atoms with E-state index < -0.39 is 0 Å². The second-order valence-corrected chi connectivity index (χ2v) is 7.11. The van der Waals surface area contributed by atoms with Gasteiger partial charge in [-0.15, -0.1) is 0 Å². The predicted octanol–water partition coefficient (Wildman–Crippen LogP) is 4.97. The molecule has 1 aliphatic heterocycles. The zero-order valence-corrected chi connectivity index (χ0v) is 15.8. The molecule has 142 valence electrons. The van der Waals surface area contributed by atoms with Crippen molar-refractivity contribution in [3.8, 4) is 11.6 Å². The molecule has 4 rings (SSSR count). The number of para-hydroxylation sites is 1. The Labute approximate surface area is 165 Å². The van der Waals surface area contributed by atoms with Crippen LogP contribution < -0.4 is 15.0 Å². The van der Waals surface area contributed by atoms with E-state index in [-0.39, 0.29) is 11.8 Å². The fourth-order valence-corrected chi connectivity index (χ4v) is 3.37. The number of carbonyl (C=O) groups excluding carboxylic acids is 1. The molecule has 3 aromatic rings. The van der Waals surface area contributed by atoms with Crippen LogP contribution in [-0.4, -0.2) is 24.0 Å². The van der Waals surface area contributed by atoms with E-state index in [9.17, 15) is 4.79 Å². The molecule has 0 radical (unpaired) electrons. The molecule has 0 aliphatic carbocycles. The van der Waals surface area contributed by atoms with Crippen LogP contribution in [0.5, 0.6) is 11.6 Å². The topological polar surface area (TPSA) is 54.5 Å². The van der Waals surface area contributed by atoms with Crippen molar-refractivity contribution in [3.63, 3.8) is 0 Å². The quantitative estimate of drug-likeness (QED) is 0.686. The second kappa shape index (κ2) is 8.13. The van der Waals surface area contributed by atoms with Gasteiger partial charge in [0.15, 0.2) is 0 Å². The number of nitrogens with one attached hydrogen (secondary N) is 1. The Kier molecular flexibility index (Phi) is 5.24. The van der Waals surface area contributed by atoms with Gasteiger partial charge in [0.05, 0.1) is 0 Å². The number of rotatable bonds is 5. The minimum atomic E-state index is -0.249. The number of anilines is 2. The largest absolute Gasteiger partial charge is 0.438 e. The van der Waals surface area contributed by atoms with Gasteiger partial charge in [-0.3, -0.25) is 4.79 Å². The first-order valence-corrected chi connectivity index (χ1v) is 9.53. The third-order valence-electron chi connectivity index (χ3n) is 4.89. The molecule has 1 N–H and O–H groups in total. The number of nitrogens with zero attached hydrogens (tertiary/aromatic N) is 2. The molecule has 0 spiro atoms. The summed E-state index contributed by atoms with van der Waals surface area (Å²) in [5, 5.41) is 2.93. The maximum Gasteiger partial charge on any atom is 0.261 e. The summed E-state index contributed by atoms with van der Waals surface area (Å²) >= 11 is 0. The van der Waals surface area contributed by atoms with Gasteiger partial charge in [-0.1, -0.05) is 25.1 Å². The van der Waals surface area contributed by atoms with Crippen LogP contribution in [0, 0.1) is 5.92 Å². The Morgan fingerprint density at radius 2 is 1.86 bits per heavy atom. The van der Waals surface area contributed by atoms with Crippen molar-refractivity contribution in [2.75, 3.05) is 23.3 Å². The fraction of sp³-hybridized carbons (Fsp3) is 0.217. The lowest BCUT2D eigenvalue weighted by Gasteiger charge is -2.18. The lowest BCUT2D eigenvalue weighted by molar-refractivity contribution is 0.102. The zero-order valence-electron chi connectivity index (χ0n) is 15.8. The smallest absolute Gasteiger partial charge is 0.261 e. The number of benzene rings is 2. The Morgan fingerprint density at radius 1 is 1.07 bits per heavy atom. The van der Waals surface area contributed by atoms with Crippen LogP contribution in [0.15, 0.2) is 72.9 Å². The van der Waals surface area contributed by atoms with E-state index in [1.54, 1.807) is 18.3 Å². The third-order valence-corrected chi connectivity index (χ3v) is 4.89. The number of carbonyl (C=O) groups is 1. The van der Waals surface area contributed by atoms with Gasteiger partial charge < -0.3 is 15.0 Å². The van der Waals surface area contributed by atoms with Crippen molar-refractivity contribution in [2.24, 2.45) is 5.92 Å². The maximum atomic E-state index is 12.8. The first kappa shape index (κ1) is 18.0. The molecule has 0 saturated carbocycles. The second-order valence-electron chi connectivity index (χ2n) is 7.11. The number of aromatic nitrogens is 1. The summed E-state index contributed by atoms with van der Waals surface area (Å²) in [5.41, 5.74) is 2.33. The molecule has 2 heterocycles. The molecule has 1 unspecified atom stereocenters. The summed E-state index contributed by atoms with van der Waals surface area (Å²) in [6.07, 6.45) is 2.84. The van der Waals surface area contributed by atoms with Gasteiger partial charge in [0.2, 0.25) is 5.88 Å². The van der Waals surface area contributed by atoms with Crippen LogP contribution >= 0.6 is 0 Å². The Bertz CT molecular complexity index is 942. The number of ether oxygens (including phenoxy) is 1. The summed E-state index contributed by atoms with van der Waals surface area (Å²) in [6, 6.07) is 20.7. The Morgan fingerprint density at radius 3 is 2.57 bits per heavy atom. The standard InChI is InChI=1S/C23H23N3O2/c1-17-13-15-26(16-17)19-11-9-18(10-12-19)25-22(27)21-8-5-14-24-23(21)28-20-6-3-2-4-7-20/h2-12,14,17H,13,15-16H2,1H3,(H,25,27). The Balaban J connectivity index is 1.46. The van der Waals surface area contributed by atoms with E-state index >= 15 is 0 Å². The molecule has 1 amide bonds. The van der Waals surface area contributed by atoms with E-state index in [2.05, 4.69) is 34.3 Å². The highest BCUT2D eigenvalue weighted by atomic mass is 16.5. The minimum Gasteiger partial charge on any atom is -0.438 e. The molecule has 1 aliphatic rings. The van der Waals surface area contributed by atoms with Crippen molar-refractivity contribution in [2.45, 2.75) is 13.3 Å². The van der Waals surface area contributed by atoms with Gasteiger partial charge >= 0.3 is 0 Å². The van der Waals surface area contributed by atoms with Crippen molar-refractivity contribution < 1.29 is 9.53 Å². The molecule has 28 heavy (non-hydrogen) atoms. The van der Waals surface area contributed by atoms with Crippen molar-refractivity contribution >= 4 is 17.3 Å². The summed E-state index contributed by atoms with van der Waals surface area (Å²) in [4.78, 5) is 19.4. The van der Waals surface area contributed by atoms with Crippen LogP contribution in [0.25, 0.3) is 0 Å². The van der Waals surface area contributed by atoms with Crippen LogP contribution in [0.2, 0.25) is 0 Å². The first-order valence-electron chi connectivity index (χ1n) is 9.53. The van der Waals surface area contributed by atoms with Gasteiger partial charge in [0.25, 0.3) is 5.91 Å². The summed E-state index contributed by atoms with van der Waals surface area (Å²) in [7, 11) is 0. The first-order chi connectivity index (χ1) is 13.7. The Hall–Kier alpha value is -3.34. The van der Waals surface area contributed by atoms with Crippen molar-refractivity contribution in [1.82, 2.24) is 4.98 Å². The predicted molar refractivity (Wildman–Crippen MR) is 111 cm³/mol. The number of hydrogen-bond acceptors (Lipinski definition) is 4. The summed E-state index contributed by atoms with van der Waals surface area (Å²) in [6.45, 7) is 4.45.